The van der Waals surface area contributed by atoms with Crippen molar-refractivity contribution in [3.05, 3.63) is 0 Å². The largest absolute Gasteiger partial charge is 0.393 e. The van der Waals surface area contributed by atoms with Crippen molar-refractivity contribution in [3.63, 3.8) is 0 Å². The molecule has 0 atom stereocenters. The highest BCUT2D eigenvalue weighted by molar-refractivity contribution is 5.78. The molecule has 1 saturated carbocycles. The minimum Gasteiger partial charge on any atom is -0.393 e. The third kappa shape index (κ3) is 4.69. The van der Waals surface area contributed by atoms with E-state index in [0.717, 1.165) is 58.8 Å². The summed E-state index contributed by atoms with van der Waals surface area (Å²) < 4.78 is 5.51. The van der Waals surface area contributed by atoms with E-state index in [1.165, 1.54) is 32.1 Å². The van der Waals surface area contributed by atoms with Crippen molar-refractivity contribution in [3.8, 4) is 0 Å². The van der Waals surface area contributed by atoms with Crippen LogP contribution in [0.15, 0.2) is 0 Å². The fraction of sp³-hybridized carbons (Fsp3) is 0.944. The van der Waals surface area contributed by atoms with Crippen LogP contribution in [-0.4, -0.2) is 84.9 Å². The average Bonchev–Trinajstić information content (AvgIpc) is 2.63. The summed E-state index contributed by atoms with van der Waals surface area (Å²) in [5, 5.41) is 12.8. The van der Waals surface area contributed by atoms with Gasteiger partial charge in [-0.2, -0.15) is 0 Å². The Bertz CT molecular complexity index is 398. The van der Waals surface area contributed by atoms with Crippen LogP contribution < -0.4 is 5.32 Å². The molecule has 3 rings (SSSR count). The molecule has 3 fully saturated rings. The van der Waals surface area contributed by atoms with Crippen LogP contribution in [0.4, 0.5) is 0 Å². The van der Waals surface area contributed by atoms with Gasteiger partial charge in [-0.25, -0.2) is 0 Å². The molecule has 2 heterocycles. The molecular weight excluding hydrogens is 306 g/mol. The van der Waals surface area contributed by atoms with Crippen molar-refractivity contribution in [2.24, 2.45) is 0 Å². The number of morpholine rings is 1. The molecule has 0 radical (unpaired) electrons. The summed E-state index contributed by atoms with van der Waals surface area (Å²) in [6, 6.07) is 0. The maximum atomic E-state index is 12.4. The van der Waals surface area contributed by atoms with Gasteiger partial charge in [-0.3, -0.25) is 14.6 Å². The number of rotatable bonds is 5. The Kier molecular flexibility index (Phi) is 6.49. The van der Waals surface area contributed by atoms with Gasteiger partial charge in [0.2, 0.25) is 5.91 Å². The minimum absolute atomic E-state index is 0.129. The van der Waals surface area contributed by atoms with E-state index in [1.54, 1.807) is 0 Å². The average molecular weight is 339 g/mol. The molecule has 0 aromatic heterocycles. The first-order chi connectivity index (χ1) is 11.7. The van der Waals surface area contributed by atoms with Crippen LogP contribution in [0.1, 0.15) is 44.9 Å². The number of carbonyl (C=O) groups excluding carboxylic acids is 1. The molecule has 24 heavy (non-hydrogen) atoms. The SMILES string of the molecule is O=C(CN1CCC(O)CC1)NCC1(N2CCOCC2)CCCCC1. The summed E-state index contributed by atoms with van der Waals surface area (Å²) in [5.41, 5.74) is 0.135. The van der Waals surface area contributed by atoms with E-state index in [9.17, 15) is 9.90 Å². The lowest BCUT2D eigenvalue weighted by atomic mass is 9.79. The summed E-state index contributed by atoms with van der Waals surface area (Å²) in [5.74, 6) is 0.129. The smallest absolute Gasteiger partial charge is 0.234 e. The number of ether oxygens (including phenoxy) is 1. The van der Waals surface area contributed by atoms with Gasteiger partial charge < -0.3 is 15.2 Å². The molecule has 2 N–H and O–H groups in total. The first-order valence-corrected chi connectivity index (χ1v) is 9.68. The van der Waals surface area contributed by atoms with Crippen LogP contribution in [0.5, 0.6) is 0 Å². The lowest BCUT2D eigenvalue weighted by Crippen LogP contribution is -2.60. The second kappa shape index (κ2) is 8.61. The fourth-order valence-corrected chi connectivity index (χ4v) is 4.45. The van der Waals surface area contributed by atoms with Crippen LogP contribution in [0.2, 0.25) is 0 Å². The molecule has 2 aliphatic heterocycles. The van der Waals surface area contributed by atoms with E-state index in [1.807, 2.05) is 0 Å². The lowest BCUT2D eigenvalue weighted by Gasteiger charge is -2.48. The first-order valence-electron chi connectivity index (χ1n) is 9.68. The molecular formula is C18H33N3O3. The molecule has 138 valence electrons. The normalized spacial score (nSPS) is 27.0. The maximum Gasteiger partial charge on any atom is 0.234 e. The summed E-state index contributed by atoms with van der Waals surface area (Å²) >= 11 is 0. The fourth-order valence-electron chi connectivity index (χ4n) is 4.45. The summed E-state index contributed by atoms with van der Waals surface area (Å²) in [7, 11) is 0. The molecule has 2 saturated heterocycles. The zero-order chi connectivity index (χ0) is 16.8. The van der Waals surface area contributed by atoms with Crippen molar-refractivity contribution < 1.29 is 14.6 Å². The Morgan fingerprint density at radius 3 is 2.42 bits per heavy atom. The highest BCUT2D eigenvalue weighted by Gasteiger charge is 2.38. The van der Waals surface area contributed by atoms with Gasteiger partial charge in [0.25, 0.3) is 0 Å². The Morgan fingerprint density at radius 1 is 1.08 bits per heavy atom. The van der Waals surface area contributed by atoms with Crippen molar-refractivity contribution in [2.45, 2.75) is 56.6 Å². The van der Waals surface area contributed by atoms with Gasteiger partial charge in [0.1, 0.15) is 0 Å². The highest BCUT2D eigenvalue weighted by Crippen LogP contribution is 2.33. The predicted molar refractivity (Wildman–Crippen MR) is 92.9 cm³/mol. The van der Waals surface area contributed by atoms with Crippen molar-refractivity contribution in [1.82, 2.24) is 15.1 Å². The first kappa shape index (κ1) is 18.1. The van der Waals surface area contributed by atoms with Gasteiger partial charge in [-0.15, -0.1) is 0 Å². The third-order valence-corrected chi connectivity index (χ3v) is 6.01. The molecule has 0 unspecified atom stereocenters. The van der Waals surface area contributed by atoms with Crippen molar-refractivity contribution in [2.75, 3.05) is 52.5 Å². The Balaban J connectivity index is 1.50. The van der Waals surface area contributed by atoms with E-state index in [2.05, 4.69) is 15.1 Å². The van der Waals surface area contributed by atoms with Crippen LogP contribution >= 0.6 is 0 Å². The van der Waals surface area contributed by atoms with E-state index in [4.69, 9.17) is 4.74 Å². The number of carbonyl (C=O) groups is 1. The second-order valence-corrected chi connectivity index (χ2v) is 7.67. The summed E-state index contributed by atoms with van der Waals surface area (Å²) in [6.45, 7) is 6.47. The van der Waals surface area contributed by atoms with Gasteiger partial charge in [0, 0.05) is 38.3 Å². The number of hydrogen-bond acceptors (Lipinski definition) is 5. The molecule has 1 amide bonds. The molecule has 6 nitrogen and oxygen atoms in total. The van der Waals surface area contributed by atoms with Gasteiger partial charge in [0.15, 0.2) is 0 Å². The predicted octanol–water partition coefficient (Wildman–Crippen LogP) is 0.594. The Hall–Kier alpha value is -0.690. The number of aliphatic hydroxyl groups excluding tert-OH is 1. The van der Waals surface area contributed by atoms with Gasteiger partial charge >= 0.3 is 0 Å². The number of nitrogens with one attached hydrogen (secondary N) is 1. The molecule has 0 spiro atoms. The number of hydrogen-bond donors (Lipinski definition) is 2. The van der Waals surface area contributed by atoms with Crippen LogP contribution in [0.3, 0.4) is 0 Å². The topological polar surface area (TPSA) is 65.0 Å². The summed E-state index contributed by atoms with van der Waals surface area (Å²) in [6.07, 6.45) is 7.59. The Labute approximate surface area is 145 Å². The number of piperidine rings is 1. The van der Waals surface area contributed by atoms with Gasteiger partial charge in [0.05, 0.1) is 25.9 Å². The van der Waals surface area contributed by atoms with Gasteiger partial charge in [-0.1, -0.05) is 19.3 Å². The molecule has 3 aliphatic rings. The molecule has 0 bridgehead atoms. The zero-order valence-electron chi connectivity index (χ0n) is 14.8. The van der Waals surface area contributed by atoms with E-state index < -0.39 is 0 Å². The molecule has 1 aliphatic carbocycles. The molecule has 6 heteroatoms. The van der Waals surface area contributed by atoms with E-state index in [0.29, 0.717) is 6.54 Å². The molecule has 0 aromatic rings. The monoisotopic (exact) mass is 339 g/mol. The molecule has 0 aromatic carbocycles. The number of nitrogens with zero attached hydrogens (tertiary/aromatic N) is 2. The van der Waals surface area contributed by atoms with Crippen molar-refractivity contribution >= 4 is 5.91 Å². The number of aliphatic hydroxyl groups is 1. The van der Waals surface area contributed by atoms with Crippen molar-refractivity contribution in [1.29, 1.82) is 0 Å². The summed E-state index contributed by atoms with van der Waals surface area (Å²) in [4.78, 5) is 17.1. The number of amides is 1. The minimum atomic E-state index is -0.184. The second-order valence-electron chi connectivity index (χ2n) is 7.67. The van der Waals surface area contributed by atoms with E-state index in [-0.39, 0.29) is 17.6 Å². The highest BCUT2D eigenvalue weighted by atomic mass is 16.5. The van der Waals surface area contributed by atoms with Crippen LogP contribution in [0, 0.1) is 0 Å². The van der Waals surface area contributed by atoms with E-state index >= 15 is 0 Å². The lowest BCUT2D eigenvalue weighted by molar-refractivity contribution is -0.124. The number of likely N-dealkylation sites (tertiary alicyclic amines) is 1. The Morgan fingerprint density at radius 2 is 1.75 bits per heavy atom. The van der Waals surface area contributed by atoms with Gasteiger partial charge in [-0.05, 0) is 25.7 Å². The maximum absolute atomic E-state index is 12.4. The zero-order valence-corrected chi connectivity index (χ0v) is 14.8. The standard InChI is InChI=1S/C18H33N3O3/c22-16-4-8-20(9-5-16)14-17(23)19-15-18(6-2-1-3-7-18)21-10-12-24-13-11-21/h16,22H,1-15H2,(H,19,23). The van der Waals surface area contributed by atoms with Crippen LogP contribution in [0.25, 0.3) is 0 Å². The van der Waals surface area contributed by atoms with Crippen LogP contribution in [-0.2, 0) is 9.53 Å². The quantitative estimate of drug-likeness (QED) is 0.768. The third-order valence-electron chi connectivity index (χ3n) is 6.01.